The van der Waals surface area contributed by atoms with Gasteiger partial charge in [-0.2, -0.15) is 5.26 Å². The predicted molar refractivity (Wildman–Crippen MR) is 160 cm³/mol. The predicted octanol–water partition coefficient (Wildman–Crippen LogP) is 4.50. The molecule has 3 fully saturated rings. The number of hydrogen-bond donors (Lipinski definition) is 1. The van der Waals surface area contributed by atoms with Gasteiger partial charge >= 0.3 is 0 Å². The molecule has 1 aliphatic heterocycles. The number of anilines is 1. The van der Waals surface area contributed by atoms with Gasteiger partial charge in [-0.15, -0.1) is 11.3 Å². The van der Waals surface area contributed by atoms with Gasteiger partial charge in [-0.05, 0) is 43.4 Å². The molecule has 218 valence electrons. The molecular formula is C29H36N6O4S2. The second kappa shape index (κ2) is 12.5. The van der Waals surface area contributed by atoms with Crippen molar-refractivity contribution in [2.24, 2.45) is 5.92 Å². The Bertz CT molecular complexity index is 1480. The summed E-state index contributed by atoms with van der Waals surface area (Å²) in [6.45, 7) is 1.09. The van der Waals surface area contributed by atoms with Crippen LogP contribution in [0.15, 0.2) is 42.9 Å². The highest BCUT2D eigenvalue weighted by Crippen LogP contribution is 2.36. The van der Waals surface area contributed by atoms with Crippen molar-refractivity contribution in [3.8, 4) is 33.1 Å². The van der Waals surface area contributed by atoms with Crippen molar-refractivity contribution in [3.05, 3.63) is 42.9 Å². The van der Waals surface area contributed by atoms with Crippen molar-refractivity contribution in [1.82, 2.24) is 20.3 Å². The topological polar surface area (TPSA) is 138 Å². The number of amides is 1. The number of nitrogens with one attached hydrogen (secondary N) is 1. The van der Waals surface area contributed by atoms with Gasteiger partial charge in [0.25, 0.3) is 0 Å². The summed E-state index contributed by atoms with van der Waals surface area (Å²) < 4.78 is 28.2. The van der Waals surface area contributed by atoms with Gasteiger partial charge in [0.05, 0.1) is 42.0 Å². The van der Waals surface area contributed by atoms with E-state index >= 15 is 0 Å². The number of nitriles is 1. The lowest BCUT2D eigenvalue weighted by molar-refractivity contribution is -0.126. The maximum Gasteiger partial charge on any atom is 0.224 e. The zero-order valence-corrected chi connectivity index (χ0v) is 24.7. The van der Waals surface area contributed by atoms with Gasteiger partial charge in [0.1, 0.15) is 5.54 Å². The minimum Gasteiger partial charge on any atom is -0.494 e. The van der Waals surface area contributed by atoms with Crippen molar-refractivity contribution in [3.63, 3.8) is 0 Å². The van der Waals surface area contributed by atoms with E-state index in [4.69, 9.17) is 10.00 Å². The van der Waals surface area contributed by atoms with Crippen LogP contribution in [0.25, 0.3) is 21.3 Å². The zero-order valence-electron chi connectivity index (χ0n) is 23.1. The van der Waals surface area contributed by atoms with Crippen LogP contribution in [0.4, 0.5) is 5.69 Å². The molecular weight excluding hydrogens is 560 g/mol. The largest absolute Gasteiger partial charge is 0.494 e. The number of aromatic nitrogens is 3. The van der Waals surface area contributed by atoms with E-state index in [0.29, 0.717) is 24.7 Å². The Hall–Kier alpha value is -3.56. The number of carbonyl (C=O) groups is 1. The van der Waals surface area contributed by atoms with Gasteiger partial charge in [0.15, 0.2) is 26.4 Å². The molecule has 6 rings (SSSR count). The molecule has 2 aromatic heterocycles. The smallest absolute Gasteiger partial charge is 0.224 e. The van der Waals surface area contributed by atoms with E-state index in [1.54, 1.807) is 19.5 Å². The van der Waals surface area contributed by atoms with Crippen LogP contribution >= 0.6 is 11.3 Å². The molecule has 12 heteroatoms. The maximum absolute atomic E-state index is 11.8. The minimum absolute atomic E-state index is 0. The standard InChI is InChI=1S/C18H18N4O3S2.C11H16N2O.H2/c1-25-15-10-19-17(20-11-15)18-21-12-16(26-18)13-2-4-14(5-3-13)22-6-8-27(23,24)9-7-22;12-8-11(6-7-11)13-10(14)9-4-2-1-3-5-9;/h2-5,10-12H,6-9H2,1H3;9H,1-7H2,(H,13,14);1H. The molecule has 0 atom stereocenters. The number of thiazole rings is 1. The third kappa shape index (κ3) is 7.40. The molecule has 0 radical (unpaired) electrons. The summed E-state index contributed by atoms with van der Waals surface area (Å²) in [7, 11) is -1.30. The molecule has 1 aromatic carbocycles. The summed E-state index contributed by atoms with van der Waals surface area (Å²) in [5, 5.41) is 12.5. The summed E-state index contributed by atoms with van der Waals surface area (Å²) in [6, 6.07) is 10.3. The number of benzene rings is 1. The van der Waals surface area contributed by atoms with Crippen LogP contribution < -0.4 is 15.0 Å². The lowest BCUT2D eigenvalue weighted by Crippen LogP contribution is -2.40. The summed E-state index contributed by atoms with van der Waals surface area (Å²) in [6.07, 6.45) is 12.3. The zero-order chi connectivity index (χ0) is 28.9. The van der Waals surface area contributed by atoms with Crippen LogP contribution in [0.3, 0.4) is 0 Å². The van der Waals surface area contributed by atoms with Gasteiger partial charge in [-0.25, -0.2) is 23.4 Å². The third-order valence-corrected chi connectivity index (χ3v) is 10.4. The van der Waals surface area contributed by atoms with Crippen molar-refractivity contribution < 1.29 is 19.4 Å². The molecule has 1 amide bonds. The highest BCUT2D eigenvalue weighted by Gasteiger charge is 2.45. The molecule has 0 spiro atoms. The third-order valence-electron chi connectivity index (χ3n) is 7.72. The van der Waals surface area contributed by atoms with Crippen molar-refractivity contribution in [2.75, 3.05) is 36.6 Å². The summed E-state index contributed by atoms with van der Waals surface area (Å²) >= 11 is 1.52. The summed E-state index contributed by atoms with van der Waals surface area (Å²) in [5.74, 6) is 1.90. The fraction of sp³-hybridized carbons (Fsp3) is 0.483. The van der Waals surface area contributed by atoms with Crippen molar-refractivity contribution in [2.45, 2.75) is 50.5 Å². The van der Waals surface area contributed by atoms with E-state index in [0.717, 1.165) is 59.7 Å². The second-order valence-corrected chi connectivity index (χ2v) is 14.0. The quantitative estimate of drug-likeness (QED) is 0.436. The fourth-order valence-electron chi connectivity index (χ4n) is 4.94. The number of sulfone groups is 1. The van der Waals surface area contributed by atoms with E-state index < -0.39 is 15.4 Å². The molecule has 10 nitrogen and oxygen atoms in total. The number of carbonyl (C=O) groups excluding carboxylic acids is 1. The summed E-state index contributed by atoms with van der Waals surface area (Å²) in [5.41, 5.74) is 1.62. The maximum atomic E-state index is 11.8. The average Bonchev–Trinajstić information content (AvgIpc) is 3.61. The van der Waals surface area contributed by atoms with Crippen LogP contribution in [-0.2, 0) is 14.6 Å². The van der Waals surface area contributed by atoms with Gasteiger partial charge < -0.3 is 15.0 Å². The number of rotatable bonds is 6. The number of methoxy groups -OCH3 is 1. The average molecular weight is 597 g/mol. The van der Waals surface area contributed by atoms with Gasteiger partial charge in [-0.3, -0.25) is 4.79 Å². The van der Waals surface area contributed by atoms with Gasteiger partial charge in [0.2, 0.25) is 5.91 Å². The first-order valence-corrected chi connectivity index (χ1v) is 16.5. The molecule has 2 saturated carbocycles. The lowest BCUT2D eigenvalue weighted by atomic mass is 9.88. The molecule has 3 heterocycles. The lowest BCUT2D eigenvalue weighted by Gasteiger charge is -2.28. The van der Waals surface area contributed by atoms with E-state index in [2.05, 4.69) is 31.2 Å². The fourth-order valence-corrected chi connectivity index (χ4v) is 7.01. The Morgan fingerprint density at radius 3 is 2.32 bits per heavy atom. The normalized spacial score (nSPS) is 19.3. The first kappa shape index (κ1) is 29.0. The van der Waals surface area contributed by atoms with Gasteiger partial charge in [0, 0.05) is 32.3 Å². The molecule has 2 aliphatic carbocycles. The van der Waals surface area contributed by atoms with E-state index in [1.807, 2.05) is 30.5 Å². The van der Waals surface area contributed by atoms with Crippen molar-refractivity contribution >= 4 is 32.8 Å². The Balaban J connectivity index is 0.000000228. The van der Waals surface area contributed by atoms with Crippen LogP contribution in [0, 0.1) is 17.2 Å². The Morgan fingerprint density at radius 1 is 1.07 bits per heavy atom. The Kier molecular flexibility index (Phi) is 8.85. The number of ether oxygens (including phenoxy) is 1. The van der Waals surface area contributed by atoms with E-state index in [9.17, 15) is 13.2 Å². The van der Waals surface area contributed by atoms with Crippen LogP contribution in [-0.4, -0.2) is 66.5 Å². The van der Waals surface area contributed by atoms with Crippen LogP contribution in [0.5, 0.6) is 5.75 Å². The first-order chi connectivity index (χ1) is 19.8. The first-order valence-electron chi connectivity index (χ1n) is 13.9. The number of nitrogens with zero attached hydrogens (tertiary/aromatic N) is 5. The monoisotopic (exact) mass is 596 g/mol. The molecule has 0 bridgehead atoms. The molecule has 3 aliphatic rings. The minimum atomic E-state index is -2.87. The van der Waals surface area contributed by atoms with E-state index in [-0.39, 0.29) is 24.8 Å². The highest BCUT2D eigenvalue weighted by atomic mass is 32.2. The second-order valence-electron chi connectivity index (χ2n) is 10.7. The Morgan fingerprint density at radius 2 is 1.73 bits per heavy atom. The number of hydrogen-bond acceptors (Lipinski definition) is 10. The molecule has 1 saturated heterocycles. The Labute approximate surface area is 246 Å². The molecule has 1 N–H and O–H groups in total. The van der Waals surface area contributed by atoms with Crippen LogP contribution in [0.1, 0.15) is 46.4 Å². The molecule has 3 aromatic rings. The van der Waals surface area contributed by atoms with Crippen LogP contribution in [0.2, 0.25) is 0 Å². The molecule has 0 unspecified atom stereocenters. The SMILES string of the molecule is COc1cnc(-c2ncc(-c3ccc(N4CCS(=O)(=O)CC4)cc3)s2)nc1.N#CC1(NC(=O)C2CCCCC2)CC1.[HH]. The highest BCUT2D eigenvalue weighted by molar-refractivity contribution is 7.91. The van der Waals surface area contributed by atoms with E-state index in [1.165, 1.54) is 17.8 Å². The van der Waals surface area contributed by atoms with Gasteiger partial charge in [-0.1, -0.05) is 31.4 Å². The van der Waals surface area contributed by atoms with Crippen molar-refractivity contribution in [1.29, 1.82) is 5.26 Å². The molecule has 41 heavy (non-hydrogen) atoms. The summed E-state index contributed by atoms with van der Waals surface area (Å²) in [4.78, 5) is 27.8.